The van der Waals surface area contributed by atoms with Gasteiger partial charge in [0.05, 0.1) is 0 Å². The molecule has 1 N–H and O–H groups in total. The largest absolute Gasteiger partial charge is 0.490 e. The van der Waals surface area contributed by atoms with Gasteiger partial charge in [0, 0.05) is 6.04 Å². The minimum Gasteiger partial charge on any atom is -0.490 e. The zero-order valence-corrected chi connectivity index (χ0v) is 12.6. The first-order valence-corrected chi connectivity index (χ1v) is 7.84. The average molecular weight is 281 g/mol. The third-order valence-corrected chi connectivity index (χ3v) is 4.30. The Morgan fingerprint density at radius 1 is 0.905 bits per heavy atom. The van der Waals surface area contributed by atoms with Crippen molar-refractivity contribution in [2.45, 2.75) is 37.8 Å². The maximum Gasteiger partial charge on any atom is 0.119 e. The van der Waals surface area contributed by atoms with E-state index in [0.717, 1.165) is 12.2 Å². The molecule has 0 spiro atoms. The summed E-state index contributed by atoms with van der Waals surface area (Å²) in [6.07, 6.45) is 5.13. The molecule has 21 heavy (non-hydrogen) atoms. The molecule has 2 unspecified atom stereocenters. The summed E-state index contributed by atoms with van der Waals surface area (Å²) >= 11 is 0. The minimum atomic E-state index is 0.346. The van der Waals surface area contributed by atoms with Gasteiger partial charge in [0.15, 0.2) is 0 Å². The van der Waals surface area contributed by atoms with Crippen molar-refractivity contribution in [1.82, 2.24) is 5.32 Å². The average Bonchev–Trinajstić information content (AvgIpc) is 2.56. The van der Waals surface area contributed by atoms with Gasteiger partial charge in [0.25, 0.3) is 0 Å². The van der Waals surface area contributed by atoms with E-state index in [2.05, 4.69) is 53.8 Å². The van der Waals surface area contributed by atoms with Crippen LogP contribution in [-0.2, 0) is 0 Å². The Bertz CT molecular complexity index is 550. The summed E-state index contributed by atoms with van der Waals surface area (Å²) in [6, 6.07) is 19.5. The van der Waals surface area contributed by atoms with Crippen LogP contribution in [0, 0.1) is 0 Å². The van der Waals surface area contributed by atoms with Crippen LogP contribution in [0.4, 0.5) is 0 Å². The third-order valence-electron chi connectivity index (χ3n) is 4.30. The second-order valence-electron chi connectivity index (χ2n) is 5.78. The van der Waals surface area contributed by atoms with E-state index in [1.54, 1.807) is 0 Å². The monoisotopic (exact) mass is 281 g/mol. The highest BCUT2D eigenvalue weighted by molar-refractivity contribution is 5.63. The Kier molecular flexibility index (Phi) is 4.56. The zero-order chi connectivity index (χ0) is 14.5. The van der Waals surface area contributed by atoms with Crippen LogP contribution < -0.4 is 10.1 Å². The summed E-state index contributed by atoms with van der Waals surface area (Å²) in [5, 5.41) is 3.37. The first-order chi connectivity index (χ1) is 10.3. The molecule has 1 aliphatic rings. The second-order valence-corrected chi connectivity index (χ2v) is 5.78. The smallest absolute Gasteiger partial charge is 0.119 e. The molecule has 0 saturated heterocycles. The number of hydrogen-bond acceptors (Lipinski definition) is 2. The topological polar surface area (TPSA) is 21.3 Å². The molecule has 0 amide bonds. The van der Waals surface area contributed by atoms with Gasteiger partial charge in [-0.3, -0.25) is 0 Å². The molecule has 2 heteroatoms. The van der Waals surface area contributed by atoms with E-state index in [9.17, 15) is 0 Å². The van der Waals surface area contributed by atoms with Gasteiger partial charge >= 0.3 is 0 Å². The highest BCUT2D eigenvalue weighted by atomic mass is 16.5. The van der Waals surface area contributed by atoms with Crippen LogP contribution in [0.2, 0.25) is 0 Å². The van der Waals surface area contributed by atoms with Gasteiger partial charge in [-0.15, -0.1) is 0 Å². The molecule has 110 valence electrons. The third kappa shape index (κ3) is 3.64. The summed E-state index contributed by atoms with van der Waals surface area (Å²) in [6.45, 7) is 0. The fourth-order valence-corrected chi connectivity index (χ4v) is 3.06. The van der Waals surface area contributed by atoms with Crippen LogP contribution in [0.3, 0.4) is 0 Å². The van der Waals surface area contributed by atoms with E-state index >= 15 is 0 Å². The van der Waals surface area contributed by atoms with E-state index in [0.29, 0.717) is 12.1 Å². The molecule has 2 nitrogen and oxygen atoms in total. The molecule has 2 aromatic rings. The quantitative estimate of drug-likeness (QED) is 0.904. The lowest BCUT2D eigenvalue weighted by atomic mass is 9.93. The summed E-state index contributed by atoms with van der Waals surface area (Å²) in [7, 11) is 2.04. The van der Waals surface area contributed by atoms with Gasteiger partial charge in [-0.2, -0.15) is 0 Å². The van der Waals surface area contributed by atoms with Crippen LogP contribution >= 0.6 is 0 Å². The van der Waals surface area contributed by atoms with Crippen molar-refractivity contribution in [3.63, 3.8) is 0 Å². The lowest BCUT2D eigenvalue weighted by Gasteiger charge is -2.29. The predicted molar refractivity (Wildman–Crippen MR) is 87.6 cm³/mol. The fourth-order valence-electron chi connectivity index (χ4n) is 3.06. The van der Waals surface area contributed by atoms with Crippen LogP contribution in [0.1, 0.15) is 25.7 Å². The summed E-state index contributed by atoms with van der Waals surface area (Å²) in [4.78, 5) is 0. The predicted octanol–water partition coefficient (Wildman–Crippen LogP) is 4.26. The molecule has 0 aliphatic heterocycles. The maximum absolute atomic E-state index is 6.14. The van der Waals surface area contributed by atoms with Crippen LogP contribution in [0.25, 0.3) is 11.1 Å². The Balaban J connectivity index is 1.65. The van der Waals surface area contributed by atoms with Crippen molar-refractivity contribution in [1.29, 1.82) is 0 Å². The highest BCUT2D eigenvalue weighted by Gasteiger charge is 2.21. The molecule has 2 aromatic carbocycles. The van der Waals surface area contributed by atoms with Crippen molar-refractivity contribution in [2.75, 3.05) is 7.05 Å². The first-order valence-electron chi connectivity index (χ1n) is 7.84. The SMILES string of the molecule is CNC1CCCC(Oc2ccc(-c3ccccc3)cc2)C1. The van der Waals surface area contributed by atoms with Crippen molar-refractivity contribution in [3.8, 4) is 16.9 Å². The summed E-state index contributed by atoms with van der Waals surface area (Å²) in [5.74, 6) is 0.983. The molecule has 0 aromatic heterocycles. The summed E-state index contributed by atoms with van der Waals surface area (Å²) in [5.41, 5.74) is 2.48. The number of ether oxygens (including phenoxy) is 1. The molecule has 1 saturated carbocycles. The molecular formula is C19H23NO. The van der Waals surface area contributed by atoms with Crippen LogP contribution in [0.15, 0.2) is 54.6 Å². The van der Waals surface area contributed by atoms with E-state index in [4.69, 9.17) is 4.74 Å². The molecule has 0 radical (unpaired) electrons. The first kappa shape index (κ1) is 14.2. The molecule has 2 atom stereocenters. The molecule has 1 aliphatic carbocycles. The lowest BCUT2D eigenvalue weighted by Crippen LogP contribution is -2.36. The molecule has 0 heterocycles. The van der Waals surface area contributed by atoms with Crippen LogP contribution in [0.5, 0.6) is 5.75 Å². The van der Waals surface area contributed by atoms with Crippen LogP contribution in [-0.4, -0.2) is 19.2 Å². The van der Waals surface area contributed by atoms with Crippen molar-refractivity contribution < 1.29 is 4.74 Å². The van der Waals surface area contributed by atoms with Crippen molar-refractivity contribution in [2.24, 2.45) is 0 Å². The summed E-state index contributed by atoms with van der Waals surface area (Å²) < 4.78 is 6.14. The Morgan fingerprint density at radius 3 is 2.33 bits per heavy atom. The number of hydrogen-bond donors (Lipinski definition) is 1. The van der Waals surface area contributed by atoms with Gasteiger partial charge in [0.2, 0.25) is 0 Å². The Morgan fingerprint density at radius 2 is 1.62 bits per heavy atom. The Labute approximate surface area is 127 Å². The van der Waals surface area contributed by atoms with E-state index in [-0.39, 0.29) is 0 Å². The van der Waals surface area contributed by atoms with E-state index in [1.165, 1.54) is 30.4 Å². The molecule has 0 bridgehead atoms. The highest BCUT2D eigenvalue weighted by Crippen LogP contribution is 2.26. The lowest BCUT2D eigenvalue weighted by molar-refractivity contribution is 0.137. The number of rotatable bonds is 4. The van der Waals surface area contributed by atoms with Crippen molar-refractivity contribution >= 4 is 0 Å². The van der Waals surface area contributed by atoms with Gasteiger partial charge < -0.3 is 10.1 Å². The standard InChI is InChI=1S/C19H23NO/c1-20-17-8-5-9-19(14-17)21-18-12-10-16(11-13-18)15-6-3-2-4-7-15/h2-4,6-7,10-13,17,19-20H,5,8-9,14H2,1H3. The van der Waals surface area contributed by atoms with E-state index in [1.807, 2.05) is 13.1 Å². The molecule has 1 fully saturated rings. The van der Waals surface area contributed by atoms with Gasteiger partial charge in [0.1, 0.15) is 11.9 Å². The normalized spacial score (nSPS) is 22.0. The Hall–Kier alpha value is -1.80. The minimum absolute atomic E-state index is 0.346. The second kappa shape index (κ2) is 6.77. The molecular weight excluding hydrogens is 258 g/mol. The number of nitrogens with one attached hydrogen (secondary N) is 1. The van der Waals surface area contributed by atoms with E-state index < -0.39 is 0 Å². The maximum atomic E-state index is 6.14. The fraction of sp³-hybridized carbons (Fsp3) is 0.368. The van der Waals surface area contributed by atoms with Gasteiger partial charge in [-0.1, -0.05) is 42.5 Å². The van der Waals surface area contributed by atoms with Crippen molar-refractivity contribution in [3.05, 3.63) is 54.6 Å². The van der Waals surface area contributed by atoms with Gasteiger partial charge in [-0.25, -0.2) is 0 Å². The molecule has 3 rings (SSSR count). The number of benzene rings is 2. The zero-order valence-electron chi connectivity index (χ0n) is 12.6. The van der Waals surface area contributed by atoms with Gasteiger partial charge in [-0.05, 0) is 56.0 Å².